The third-order valence-electron chi connectivity index (χ3n) is 2.72. The minimum absolute atomic E-state index is 0. The van der Waals surface area contributed by atoms with E-state index in [1.165, 1.54) is 0 Å². The van der Waals surface area contributed by atoms with Crippen molar-refractivity contribution in [3.8, 4) is 0 Å². The van der Waals surface area contributed by atoms with Gasteiger partial charge in [0.05, 0.1) is 6.61 Å². The van der Waals surface area contributed by atoms with Crippen LogP contribution in [0.2, 0.25) is 0 Å². The molecule has 16 heteroatoms. The first-order valence-electron chi connectivity index (χ1n) is 5.59. The van der Waals surface area contributed by atoms with E-state index in [2.05, 4.69) is 9.62 Å². The third kappa shape index (κ3) is 5.53. The van der Waals surface area contributed by atoms with Gasteiger partial charge in [-0.3, -0.25) is 14.3 Å². The molecule has 1 fully saturated rings. The normalized spacial score (nSPS) is 26.0. The minimum atomic E-state index is -4.78. The molecule has 15 nitrogen and oxygen atoms in total. The molecule has 1 aromatic rings. The molecule has 0 aliphatic carbocycles. The predicted molar refractivity (Wildman–Crippen MR) is 73.9 cm³/mol. The summed E-state index contributed by atoms with van der Waals surface area (Å²) >= 11 is 0. The highest BCUT2D eigenvalue weighted by Gasteiger charge is 2.45. The molecule has 0 spiro atoms. The zero-order valence-electron chi connectivity index (χ0n) is 11.8. The Labute approximate surface area is 132 Å². The molecule has 4 atom stereocenters. The first-order valence-corrected chi connectivity index (χ1v) is 7.12. The van der Waals surface area contributed by atoms with E-state index in [0.29, 0.717) is 4.68 Å². The lowest BCUT2D eigenvalue weighted by molar-refractivity contribution is -0.0610. The number of aliphatic hydroxyl groups is 2. The first kappa shape index (κ1) is 24.7. The predicted octanol–water partition coefficient (Wildman–Crippen LogP) is -5.81. The zero-order chi connectivity index (χ0) is 15.8. The van der Waals surface area contributed by atoms with Crippen LogP contribution < -0.4 is 11.2 Å². The quantitative estimate of drug-likeness (QED) is 0.309. The lowest BCUT2D eigenvalue weighted by Crippen LogP contribution is -2.39. The van der Waals surface area contributed by atoms with Crippen molar-refractivity contribution in [1.29, 1.82) is 0 Å². The van der Waals surface area contributed by atoms with Crippen LogP contribution in [-0.4, -0.2) is 76.1 Å². The fourth-order valence-corrected chi connectivity index (χ4v) is 2.12. The molecule has 0 unspecified atom stereocenters. The molecular formula is C8H18N3O12P. The maximum absolute atomic E-state index is 11.5. The van der Waals surface area contributed by atoms with Gasteiger partial charge < -0.3 is 41.2 Å². The smallest absolute Gasteiger partial charge is 0.412 e. The lowest BCUT2D eigenvalue weighted by Gasteiger charge is -2.15. The van der Waals surface area contributed by atoms with Crippen molar-refractivity contribution in [2.45, 2.75) is 24.5 Å². The van der Waals surface area contributed by atoms with Crippen LogP contribution >= 0.6 is 7.82 Å². The van der Waals surface area contributed by atoms with Crippen LogP contribution in [0.4, 0.5) is 0 Å². The molecule has 0 amide bonds. The van der Waals surface area contributed by atoms with Gasteiger partial charge in [0, 0.05) is 0 Å². The fraction of sp³-hybridized carbons (Fsp3) is 0.625. The topological polar surface area (TPSA) is 279 Å². The molecule has 142 valence electrons. The van der Waals surface area contributed by atoms with E-state index < -0.39 is 50.2 Å². The fourth-order valence-electron chi connectivity index (χ4n) is 1.78. The molecule has 1 aromatic heterocycles. The van der Waals surface area contributed by atoms with Crippen molar-refractivity contribution >= 4 is 7.82 Å². The van der Waals surface area contributed by atoms with Gasteiger partial charge in [0.25, 0.3) is 5.56 Å². The number of hydrogen-bond acceptors (Lipinski definition) is 8. The maximum atomic E-state index is 11.5. The van der Waals surface area contributed by atoms with E-state index in [0.717, 1.165) is 6.20 Å². The van der Waals surface area contributed by atoms with Crippen LogP contribution in [0.25, 0.3) is 0 Å². The zero-order valence-corrected chi connectivity index (χ0v) is 12.7. The number of nitrogens with zero attached hydrogens (tertiary/aromatic N) is 2. The number of ether oxygens (including phenoxy) is 1. The van der Waals surface area contributed by atoms with Gasteiger partial charge in [-0.05, 0) is 0 Å². The van der Waals surface area contributed by atoms with E-state index in [1.807, 2.05) is 4.98 Å². The molecule has 0 bridgehead atoms. The largest absolute Gasteiger partial charge is 0.469 e. The van der Waals surface area contributed by atoms with Gasteiger partial charge in [0.15, 0.2) is 6.23 Å². The van der Waals surface area contributed by atoms with Crippen LogP contribution in [0, 0.1) is 0 Å². The van der Waals surface area contributed by atoms with Gasteiger partial charge in [0.2, 0.25) is 0 Å². The molecule has 2 heterocycles. The van der Waals surface area contributed by atoms with Crippen LogP contribution in [0.1, 0.15) is 6.23 Å². The second-order valence-electron chi connectivity index (χ2n) is 4.22. The Morgan fingerprint density at radius 2 is 1.83 bits per heavy atom. The van der Waals surface area contributed by atoms with Crippen molar-refractivity contribution in [2.24, 2.45) is 0 Å². The molecule has 0 aromatic carbocycles. The number of rotatable bonds is 4. The Bertz CT molecular complexity index is 669. The molecule has 1 saturated heterocycles. The first-order chi connectivity index (χ1) is 9.69. The van der Waals surface area contributed by atoms with Crippen LogP contribution in [0.15, 0.2) is 15.8 Å². The van der Waals surface area contributed by atoms with Gasteiger partial charge in [0.1, 0.15) is 24.5 Å². The summed E-state index contributed by atoms with van der Waals surface area (Å²) in [5, 5.41) is 23.0. The Hall–Kier alpha value is -1.52. The van der Waals surface area contributed by atoms with E-state index in [1.54, 1.807) is 0 Å². The minimum Gasteiger partial charge on any atom is -0.412 e. The lowest BCUT2D eigenvalue weighted by atomic mass is 10.1. The van der Waals surface area contributed by atoms with Crippen LogP contribution in [-0.2, 0) is 13.8 Å². The molecule has 24 heavy (non-hydrogen) atoms. The average Bonchev–Trinajstić information content (AvgIpc) is 2.64. The second-order valence-corrected chi connectivity index (χ2v) is 5.46. The van der Waals surface area contributed by atoms with E-state index >= 15 is 0 Å². The summed E-state index contributed by atoms with van der Waals surface area (Å²) < 4.78 is 20.4. The van der Waals surface area contributed by atoms with Gasteiger partial charge in [-0.2, -0.15) is 9.78 Å². The van der Waals surface area contributed by atoms with Gasteiger partial charge in [-0.1, -0.05) is 0 Å². The number of aromatic amines is 1. The van der Waals surface area contributed by atoms with Crippen molar-refractivity contribution in [1.82, 2.24) is 14.8 Å². The summed E-state index contributed by atoms with van der Waals surface area (Å²) in [6.07, 6.45) is -5.13. The summed E-state index contributed by atoms with van der Waals surface area (Å²) in [5.74, 6) is 0. The van der Waals surface area contributed by atoms with Crippen molar-refractivity contribution in [3.63, 3.8) is 0 Å². The monoisotopic (exact) mass is 379 g/mol. The van der Waals surface area contributed by atoms with Crippen molar-refractivity contribution in [2.75, 3.05) is 6.61 Å². The van der Waals surface area contributed by atoms with Crippen LogP contribution in [0.3, 0.4) is 0 Å². The van der Waals surface area contributed by atoms with Crippen LogP contribution in [0.5, 0.6) is 0 Å². The summed E-state index contributed by atoms with van der Waals surface area (Å²) in [4.78, 5) is 41.4. The summed E-state index contributed by atoms with van der Waals surface area (Å²) in [6.45, 7) is -0.711. The molecule has 2 rings (SSSR count). The highest BCUT2D eigenvalue weighted by molar-refractivity contribution is 7.46. The molecule has 0 saturated carbocycles. The number of phosphoric acid groups is 1. The molecular weight excluding hydrogens is 361 g/mol. The molecule has 11 N–H and O–H groups in total. The summed E-state index contributed by atoms with van der Waals surface area (Å²) in [6, 6.07) is 0. The van der Waals surface area contributed by atoms with E-state index in [4.69, 9.17) is 14.5 Å². The number of H-pyrrole nitrogens is 1. The number of aromatic nitrogens is 3. The highest BCUT2D eigenvalue weighted by atomic mass is 31.2. The number of hydrogen-bond donors (Lipinski definition) is 5. The van der Waals surface area contributed by atoms with E-state index in [-0.39, 0.29) is 16.4 Å². The van der Waals surface area contributed by atoms with Gasteiger partial charge >= 0.3 is 13.5 Å². The van der Waals surface area contributed by atoms with Crippen molar-refractivity contribution in [3.05, 3.63) is 27.0 Å². The maximum Gasteiger partial charge on any atom is 0.469 e. The Morgan fingerprint density at radius 3 is 2.33 bits per heavy atom. The highest BCUT2D eigenvalue weighted by Crippen LogP contribution is 2.38. The molecule has 1 aliphatic rings. The third-order valence-corrected chi connectivity index (χ3v) is 3.21. The average molecular weight is 379 g/mol. The summed E-state index contributed by atoms with van der Waals surface area (Å²) in [5.41, 5.74) is -1.74. The van der Waals surface area contributed by atoms with Gasteiger partial charge in [-0.25, -0.2) is 9.36 Å². The molecule has 0 radical (unpaired) electrons. The second kappa shape index (κ2) is 9.09. The Morgan fingerprint density at radius 1 is 1.25 bits per heavy atom. The SMILES string of the molecule is O.O.O.O=c1cnn([C@@H]2O[C@H](COP(=O)(O)O)[C@@H](O)[C@H]2O)c(=O)[nH]1. The summed E-state index contributed by atoms with van der Waals surface area (Å²) in [7, 11) is -4.78. The van der Waals surface area contributed by atoms with E-state index in [9.17, 15) is 24.4 Å². The Balaban J connectivity index is 0. The standard InChI is InChI=1S/C8H12N3O9P.3H2O/c12-4-1-9-11(8(15)10-4)7-6(14)5(13)3(20-7)2-19-21(16,17)18;;;/h1,3,5-7,13-14H,2H2,(H,10,12,15)(H2,16,17,18);3*1H2/t3-,5-,6-,7-;;;/m1.../s1. The van der Waals surface area contributed by atoms with Crippen molar-refractivity contribution < 1.29 is 50.3 Å². The number of nitrogens with one attached hydrogen (secondary N) is 1. The number of aliphatic hydroxyl groups excluding tert-OH is 2. The Kier molecular flexibility index (Phi) is 9.37. The number of phosphoric ester groups is 1. The van der Waals surface area contributed by atoms with Gasteiger partial charge in [-0.15, -0.1) is 0 Å². The molecule has 1 aliphatic heterocycles.